The third-order valence-electron chi connectivity index (χ3n) is 11.0. The smallest absolute Gasteiger partial charge is 0.497 e. The fourth-order valence-corrected chi connectivity index (χ4v) is 8.59. The molecule has 5 heterocycles. The fourth-order valence-electron chi connectivity index (χ4n) is 8.59. The maximum Gasteiger partial charge on any atom is 2.00 e. The van der Waals surface area contributed by atoms with E-state index in [-0.39, 0.29) is 20.4 Å². The second-order valence-electron chi connectivity index (χ2n) is 14.9. The Morgan fingerprint density at radius 1 is 0.554 bits per heavy atom. The van der Waals surface area contributed by atoms with E-state index in [0.29, 0.717) is 23.3 Å². The molecule has 6 aromatic carbocycles. The van der Waals surface area contributed by atoms with Gasteiger partial charge in [-0.15, -0.1) is 12.1 Å². The first-order chi connectivity index (χ1) is 26.9. The summed E-state index contributed by atoms with van der Waals surface area (Å²) in [6.45, 7) is 9.13. The van der Waals surface area contributed by atoms with E-state index in [1.54, 1.807) is 6.33 Å². The molecular formula is C48H34N6OPd. The number of aromatic nitrogens is 6. The van der Waals surface area contributed by atoms with Crippen LogP contribution in [0.5, 0.6) is 11.5 Å². The number of fused-ring (bicyclic) bond motifs is 16. The first-order valence-electron chi connectivity index (χ1n) is 18.8. The molecule has 0 saturated carbocycles. The van der Waals surface area contributed by atoms with Gasteiger partial charge in [0.05, 0.1) is 33.4 Å². The van der Waals surface area contributed by atoms with Crippen LogP contribution in [0.15, 0.2) is 122 Å². The second-order valence-corrected chi connectivity index (χ2v) is 14.9. The van der Waals surface area contributed by atoms with E-state index in [0.717, 1.165) is 71.5 Å². The van der Waals surface area contributed by atoms with Gasteiger partial charge in [0.15, 0.2) is 0 Å². The van der Waals surface area contributed by atoms with Crippen molar-refractivity contribution in [3.8, 4) is 22.6 Å². The van der Waals surface area contributed by atoms with E-state index in [9.17, 15) is 0 Å². The summed E-state index contributed by atoms with van der Waals surface area (Å²) in [7, 11) is 0. The minimum atomic E-state index is 0. The van der Waals surface area contributed by atoms with Crippen molar-refractivity contribution in [2.24, 2.45) is 0 Å². The summed E-state index contributed by atoms with van der Waals surface area (Å²) < 4.78 is 11.0. The Morgan fingerprint density at radius 3 is 1.80 bits per heavy atom. The average molecular weight is 817 g/mol. The third-order valence-corrected chi connectivity index (χ3v) is 11.0. The maximum absolute atomic E-state index is 6.66. The van der Waals surface area contributed by atoms with Gasteiger partial charge >= 0.3 is 20.4 Å². The Kier molecular flexibility index (Phi) is 7.93. The Labute approximate surface area is 336 Å². The van der Waals surface area contributed by atoms with Gasteiger partial charge in [0.1, 0.15) is 12.0 Å². The minimum absolute atomic E-state index is 0. The summed E-state index contributed by atoms with van der Waals surface area (Å²) >= 11 is 0. The molecule has 0 spiro atoms. The van der Waals surface area contributed by atoms with E-state index in [1.807, 2.05) is 48.7 Å². The van der Waals surface area contributed by atoms with Crippen molar-refractivity contribution in [3.63, 3.8) is 0 Å². The number of benzene rings is 6. The number of imidazole rings is 2. The molecule has 0 amide bonds. The monoisotopic (exact) mass is 816 g/mol. The molecule has 0 bridgehead atoms. The molecule has 56 heavy (non-hydrogen) atoms. The van der Waals surface area contributed by atoms with Gasteiger partial charge in [-0.1, -0.05) is 128 Å². The van der Waals surface area contributed by atoms with Crippen molar-refractivity contribution < 1.29 is 25.2 Å². The molecule has 0 aliphatic heterocycles. The van der Waals surface area contributed by atoms with Gasteiger partial charge in [0.2, 0.25) is 0 Å². The summed E-state index contributed by atoms with van der Waals surface area (Å²) in [4.78, 5) is 19.3. The van der Waals surface area contributed by atoms with Crippen LogP contribution in [0.4, 0.5) is 0 Å². The zero-order valence-electron chi connectivity index (χ0n) is 31.1. The Hall–Kier alpha value is -6.20. The maximum atomic E-state index is 6.66. The van der Waals surface area contributed by atoms with Crippen LogP contribution in [0, 0.1) is 12.1 Å². The van der Waals surface area contributed by atoms with Gasteiger partial charge < -0.3 is 13.5 Å². The van der Waals surface area contributed by atoms with Crippen molar-refractivity contribution >= 4 is 76.8 Å². The number of nitrogens with zero attached hydrogens (tertiary/aromatic N) is 6. The zero-order valence-corrected chi connectivity index (χ0v) is 32.7. The van der Waals surface area contributed by atoms with Gasteiger partial charge in [0.25, 0.3) is 0 Å². The number of hydrogen-bond donors (Lipinski definition) is 0. The van der Waals surface area contributed by atoms with Crippen molar-refractivity contribution in [2.45, 2.75) is 39.5 Å². The minimum Gasteiger partial charge on any atom is -0.497 e. The average Bonchev–Trinajstić information content (AvgIpc) is 3.81. The van der Waals surface area contributed by atoms with Crippen LogP contribution in [0.1, 0.15) is 50.7 Å². The van der Waals surface area contributed by atoms with Crippen LogP contribution in [-0.2, 0) is 20.4 Å². The van der Waals surface area contributed by atoms with Crippen LogP contribution in [0.3, 0.4) is 0 Å². The van der Waals surface area contributed by atoms with Crippen LogP contribution < -0.4 is 4.74 Å². The Morgan fingerprint density at radius 2 is 1.12 bits per heavy atom. The molecule has 0 aliphatic rings. The first-order valence-corrected chi connectivity index (χ1v) is 18.8. The summed E-state index contributed by atoms with van der Waals surface area (Å²) in [5, 5.41) is 5.86. The summed E-state index contributed by atoms with van der Waals surface area (Å²) in [5.41, 5.74) is 12.6. The van der Waals surface area contributed by atoms with Gasteiger partial charge in [-0.05, 0) is 69.8 Å². The molecule has 5 aromatic heterocycles. The number of ether oxygens (including phenoxy) is 1. The molecule has 0 aliphatic carbocycles. The molecule has 0 radical (unpaired) electrons. The summed E-state index contributed by atoms with van der Waals surface area (Å²) in [5.74, 6) is 1.84. The molecule has 0 unspecified atom stereocenters. The molecular weight excluding hydrogens is 783 g/mol. The van der Waals surface area contributed by atoms with Crippen molar-refractivity contribution in [1.82, 2.24) is 28.7 Å². The number of pyridine rings is 2. The first kappa shape index (κ1) is 34.3. The molecule has 0 fully saturated rings. The summed E-state index contributed by atoms with van der Waals surface area (Å²) in [6.07, 6.45) is 3.43. The Balaban J connectivity index is 0.00000384. The number of rotatable bonds is 5. The van der Waals surface area contributed by atoms with Gasteiger partial charge in [-0.3, -0.25) is 9.97 Å². The second kappa shape index (κ2) is 12.9. The largest absolute Gasteiger partial charge is 2.00 e. The van der Waals surface area contributed by atoms with Crippen LogP contribution in [0.2, 0.25) is 0 Å². The molecule has 272 valence electrons. The quantitative estimate of drug-likeness (QED) is 0.0983. The molecule has 11 aromatic rings. The van der Waals surface area contributed by atoms with E-state index >= 15 is 0 Å². The zero-order chi connectivity index (χ0) is 36.9. The topological polar surface area (TPSA) is 69.6 Å². The molecule has 0 saturated heterocycles. The van der Waals surface area contributed by atoms with Gasteiger partial charge in [-0.25, -0.2) is 9.97 Å². The van der Waals surface area contributed by atoms with Crippen molar-refractivity contribution in [3.05, 3.63) is 145 Å². The van der Waals surface area contributed by atoms with Crippen molar-refractivity contribution in [1.29, 1.82) is 0 Å². The third kappa shape index (κ3) is 4.99. The standard InChI is InChI=1S/C48H34N6O.Pd/c1-27(2)31-11-9-12-32(28(3)4)44(31)35-13-10-18-43-45(35)34-22-20-30(24-37(34)47-51-39-14-5-7-16-41(39)53(43)47)55-29-19-21-33-36(23-29)48-52-40-15-6-8-17-42(40)54(48)46-38(33)25-49-26-50-46;/h5-22,25-28H,1-4H3;/q-2;+2. The predicted octanol–water partition coefficient (Wildman–Crippen LogP) is 12.0. The Bertz CT molecular complexity index is 3350. The molecule has 0 N–H and O–H groups in total. The van der Waals surface area contributed by atoms with E-state index in [1.165, 1.54) is 27.6 Å². The van der Waals surface area contributed by atoms with Gasteiger partial charge in [0, 0.05) is 28.6 Å². The van der Waals surface area contributed by atoms with E-state index < -0.39 is 0 Å². The molecule has 11 rings (SSSR count). The summed E-state index contributed by atoms with van der Waals surface area (Å²) in [6, 6.07) is 45.3. The fraction of sp³-hybridized carbons (Fsp3) is 0.125. The predicted molar refractivity (Wildman–Crippen MR) is 222 cm³/mol. The van der Waals surface area contributed by atoms with Crippen LogP contribution in [0.25, 0.3) is 88.0 Å². The number of para-hydroxylation sites is 4. The van der Waals surface area contributed by atoms with E-state index in [2.05, 4.69) is 125 Å². The van der Waals surface area contributed by atoms with Crippen LogP contribution >= 0.6 is 0 Å². The molecule has 8 heteroatoms. The van der Waals surface area contributed by atoms with E-state index in [4.69, 9.17) is 14.7 Å². The van der Waals surface area contributed by atoms with Gasteiger partial charge in [-0.2, -0.15) is 0 Å². The number of hydrogen-bond acceptors (Lipinski definition) is 5. The van der Waals surface area contributed by atoms with Crippen molar-refractivity contribution in [2.75, 3.05) is 0 Å². The normalized spacial score (nSPS) is 12.1. The SMILES string of the molecule is CC(C)c1cccc(C(C)C)c1-c1cccc2c1c1ccc(Oc3[c-]c4c(cc3)c3cncnc3n3c5ccccc5nc43)[c-]c1c1nc3ccccc3n21.[Pd+2]. The molecule has 0 atom stereocenters. The molecule has 7 nitrogen and oxygen atoms in total. The van der Waals surface area contributed by atoms with Crippen LogP contribution in [-0.4, -0.2) is 28.7 Å².